The van der Waals surface area contributed by atoms with Crippen LogP contribution in [-0.2, 0) is 0 Å². The van der Waals surface area contributed by atoms with Gasteiger partial charge in [0.15, 0.2) is 3.92 Å². The van der Waals surface area contributed by atoms with Crippen molar-refractivity contribution in [1.82, 2.24) is 4.98 Å². The van der Waals surface area contributed by atoms with Crippen molar-refractivity contribution in [3.05, 3.63) is 64.6 Å². The molecule has 2 nitrogen and oxygen atoms in total. The summed E-state index contributed by atoms with van der Waals surface area (Å²) in [6.07, 6.45) is 0. The summed E-state index contributed by atoms with van der Waals surface area (Å²) in [5.74, 6) is 1.05. The Kier molecular flexibility index (Phi) is 4.71. The van der Waals surface area contributed by atoms with Crippen molar-refractivity contribution < 1.29 is 0 Å². The van der Waals surface area contributed by atoms with Gasteiger partial charge in [0.25, 0.3) is 0 Å². The molecule has 3 rings (SSSR count). The molecule has 23 heavy (non-hydrogen) atoms. The third-order valence-corrected chi connectivity index (χ3v) is 8.54. The lowest BCUT2D eigenvalue weighted by atomic mass is 10.2. The smallest absolute Gasteiger partial charge is 0.161 e. The molecule has 0 aliphatic heterocycles. The Morgan fingerprint density at radius 2 is 1.35 bits per heavy atom. The monoisotopic (exact) mass is 402 g/mol. The normalized spacial score (nSPS) is 11.5. The number of thiazole rings is 1. The van der Waals surface area contributed by atoms with Crippen LogP contribution in [0.4, 0.5) is 17.2 Å². The second-order valence-corrected chi connectivity index (χ2v) is 14.0. The fourth-order valence-corrected chi connectivity index (χ4v) is 6.46. The summed E-state index contributed by atoms with van der Waals surface area (Å²) in [6.45, 7) is 7.10. The molecule has 0 fully saturated rings. The van der Waals surface area contributed by atoms with E-state index in [1.165, 1.54) is 4.50 Å². The highest BCUT2D eigenvalue weighted by molar-refractivity contribution is 9.11. The minimum absolute atomic E-state index is 0.946. The van der Waals surface area contributed by atoms with Gasteiger partial charge in [-0.25, -0.2) is 4.98 Å². The quantitative estimate of drug-likeness (QED) is 0.503. The highest BCUT2D eigenvalue weighted by atomic mass is 79.9. The van der Waals surface area contributed by atoms with Gasteiger partial charge in [-0.3, -0.25) is 4.90 Å². The third-order valence-electron chi connectivity index (χ3n) is 3.50. The Morgan fingerprint density at radius 1 is 0.870 bits per heavy atom. The van der Waals surface area contributed by atoms with E-state index in [1.54, 1.807) is 11.3 Å². The van der Waals surface area contributed by atoms with E-state index >= 15 is 0 Å². The van der Waals surface area contributed by atoms with Gasteiger partial charge in [0.1, 0.15) is 5.82 Å². The highest BCUT2D eigenvalue weighted by Gasteiger charge is 2.29. The maximum absolute atomic E-state index is 4.83. The summed E-state index contributed by atoms with van der Waals surface area (Å²) in [7, 11) is -1.50. The molecule has 0 radical (unpaired) electrons. The zero-order valence-electron chi connectivity index (χ0n) is 13.5. The van der Waals surface area contributed by atoms with Crippen LogP contribution >= 0.6 is 27.3 Å². The first-order valence-electron chi connectivity index (χ1n) is 7.54. The lowest BCUT2D eigenvalue weighted by Gasteiger charge is -2.27. The topological polar surface area (TPSA) is 16.1 Å². The van der Waals surface area contributed by atoms with E-state index in [2.05, 4.69) is 89.0 Å². The Bertz CT molecular complexity index is 742. The Morgan fingerprint density at radius 3 is 1.78 bits per heavy atom. The number of benzene rings is 2. The van der Waals surface area contributed by atoms with Crippen LogP contribution in [0.25, 0.3) is 0 Å². The van der Waals surface area contributed by atoms with E-state index < -0.39 is 8.07 Å². The standard InChI is InChI=1S/C18H19BrN2SSi/c1-23(2,3)17-16(20-18(19)22-17)21(14-10-6-4-7-11-14)15-12-8-5-9-13-15/h4-13H,1-3H3. The van der Waals surface area contributed by atoms with Crippen LogP contribution in [0, 0.1) is 0 Å². The first kappa shape index (κ1) is 16.4. The number of nitrogens with zero attached hydrogens (tertiary/aromatic N) is 2. The number of anilines is 3. The van der Waals surface area contributed by atoms with Crippen LogP contribution in [0.2, 0.25) is 19.6 Å². The Hall–Kier alpha value is -1.43. The number of halogens is 1. The number of aromatic nitrogens is 1. The number of para-hydroxylation sites is 2. The minimum Gasteiger partial charge on any atom is -0.294 e. The van der Waals surface area contributed by atoms with Gasteiger partial charge in [-0.2, -0.15) is 0 Å². The highest BCUT2D eigenvalue weighted by Crippen LogP contribution is 2.36. The van der Waals surface area contributed by atoms with Crippen LogP contribution in [0.15, 0.2) is 64.6 Å². The van der Waals surface area contributed by atoms with Crippen LogP contribution < -0.4 is 9.40 Å². The molecule has 0 spiro atoms. The Labute approximate surface area is 151 Å². The summed E-state index contributed by atoms with van der Waals surface area (Å²) in [5.41, 5.74) is 2.27. The number of hydrogen-bond acceptors (Lipinski definition) is 3. The first-order valence-corrected chi connectivity index (χ1v) is 12.6. The van der Waals surface area contributed by atoms with Gasteiger partial charge < -0.3 is 0 Å². The molecule has 0 N–H and O–H groups in total. The van der Waals surface area contributed by atoms with Crippen LogP contribution in [-0.4, -0.2) is 13.1 Å². The van der Waals surface area contributed by atoms with Crippen molar-refractivity contribution in [3.8, 4) is 0 Å². The second-order valence-electron chi connectivity index (χ2n) is 6.38. The largest absolute Gasteiger partial charge is 0.294 e. The summed E-state index contributed by atoms with van der Waals surface area (Å²) in [4.78, 5) is 7.08. The van der Waals surface area contributed by atoms with Gasteiger partial charge in [0, 0.05) is 15.9 Å². The molecule has 0 amide bonds. The second kappa shape index (κ2) is 6.59. The molecule has 0 aliphatic rings. The van der Waals surface area contributed by atoms with Crippen molar-refractivity contribution in [2.75, 3.05) is 4.90 Å². The molecule has 1 heterocycles. The van der Waals surface area contributed by atoms with Crippen molar-refractivity contribution in [3.63, 3.8) is 0 Å². The van der Waals surface area contributed by atoms with Crippen LogP contribution in [0.1, 0.15) is 0 Å². The predicted molar refractivity (Wildman–Crippen MR) is 107 cm³/mol. The van der Waals surface area contributed by atoms with Gasteiger partial charge in [-0.1, -0.05) is 56.0 Å². The zero-order chi connectivity index (χ0) is 16.4. The molecule has 1 aromatic heterocycles. The van der Waals surface area contributed by atoms with Crippen LogP contribution in [0.5, 0.6) is 0 Å². The summed E-state index contributed by atoms with van der Waals surface area (Å²) in [5, 5.41) is 0. The van der Waals surface area contributed by atoms with Gasteiger partial charge in [-0.05, 0) is 40.2 Å². The van der Waals surface area contributed by atoms with Crippen LogP contribution in [0.3, 0.4) is 0 Å². The maximum Gasteiger partial charge on any atom is 0.161 e. The lowest BCUT2D eigenvalue weighted by molar-refractivity contribution is 1.21. The fraction of sp³-hybridized carbons (Fsp3) is 0.167. The molecule has 0 saturated heterocycles. The molecule has 0 atom stereocenters. The summed E-state index contributed by atoms with van der Waals surface area (Å²) in [6, 6.07) is 20.9. The fourth-order valence-electron chi connectivity index (χ4n) is 2.47. The molecule has 0 saturated carbocycles. The average molecular weight is 403 g/mol. The van der Waals surface area contributed by atoms with Gasteiger partial charge >= 0.3 is 0 Å². The van der Waals surface area contributed by atoms with Crippen molar-refractivity contribution in [2.45, 2.75) is 19.6 Å². The first-order chi connectivity index (χ1) is 11.0. The van der Waals surface area contributed by atoms with E-state index in [-0.39, 0.29) is 0 Å². The number of rotatable bonds is 4. The van der Waals surface area contributed by atoms with E-state index in [0.717, 1.165) is 21.1 Å². The van der Waals surface area contributed by atoms with Gasteiger partial charge in [0.2, 0.25) is 0 Å². The van der Waals surface area contributed by atoms with E-state index in [1.807, 2.05) is 12.1 Å². The summed E-state index contributed by atoms with van der Waals surface area (Å²) >= 11 is 5.36. The molecule has 2 aromatic carbocycles. The number of hydrogen-bond donors (Lipinski definition) is 0. The van der Waals surface area contributed by atoms with Gasteiger partial charge in [-0.15, -0.1) is 11.3 Å². The van der Waals surface area contributed by atoms with Crippen molar-refractivity contribution in [2.24, 2.45) is 0 Å². The maximum atomic E-state index is 4.83. The van der Waals surface area contributed by atoms with Crippen molar-refractivity contribution >= 4 is 57.0 Å². The molecule has 0 bridgehead atoms. The third kappa shape index (κ3) is 3.57. The lowest BCUT2D eigenvalue weighted by Crippen LogP contribution is -2.38. The predicted octanol–water partition coefficient (Wildman–Crippen LogP) is 5.92. The molecule has 3 aromatic rings. The van der Waals surface area contributed by atoms with Crippen molar-refractivity contribution in [1.29, 1.82) is 0 Å². The van der Waals surface area contributed by atoms with E-state index in [4.69, 9.17) is 4.98 Å². The molecule has 5 heteroatoms. The van der Waals surface area contributed by atoms with Gasteiger partial charge in [0.05, 0.1) is 8.07 Å². The average Bonchev–Trinajstić information content (AvgIpc) is 2.92. The molecular formula is C18H19BrN2SSi. The Balaban J connectivity index is 2.22. The molecular weight excluding hydrogens is 384 g/mol. The van der Waals surface area contributed by atoms with E-state index in [9.17, 15) is 0 Å². The molecule has 0 unspecified atom stereocenters. The van der Waals surface area contributed by atoms with E-state index in [0.29, 0.717) is 0 Å². The zero-order valence-corrected chi connectivity index (χ0v) is 16.9. The minimum atomic E-state index is -1.50. The molecule has 118 valence electrons. The SMILES string of the molecule is C[Si](C)(C)c1sc(Br)nc1N(c1ccccc1)c1ccccc1. The molecule has 0 aliphatic carbocycles. The summed E-state index contributed by atoms with van der Waals surface area (Å²) < 4.78 is 2.35.